The summed E-state index contributed by atoms with van der Waals surface area (Å²) in [6, 6.07) is 13.8. The highest BCUT2D eigenvalue weighted by Gasteiger charge is 2.31. The third-order valence-corrected chi connectivity index (χ3v) is 5.08. The van der Waals surface area contributed by atoms with Crippen LogP contribution in [0, 0.1) is 6.92 Å². The van der Waals surface area contributed by atoms with Crippen molar-refractivity contribution in [3.8, 4) is 5.75 Å². The van der Waals surface area contributed by atoms with E-state index in [-0.39, 0.29) is 18.0 Å². The van der Waals surface area contributed by atoms with Crippen LogP contribution in [0.15, 0.2) is 47.3 Å². The first-order valence-electron chi connectivity index (χ1n) is 8.93. The minimum atomic E-state index is -0.648. The Labute approximate surface area is 157 Å². The molecule has 1 aliphatic rings. The molecule has 0 saturated heterocycles. The number of fused-ring (bicyclic) bond motifs is 2. The Kier molecular flexibility index (Phi) is 4.18. The largest absolute Gasteiger partial charge is 0.481 e. The number of aromatic nitrogens is 2. The van der Waals surface area contributed by atoms with Gasteiger partial charge in [-0.05, 0) is 36.8 Å². The second-order valence-corrected chi connectivity index (χ2v) is 6.91. The molecule has 1 atom stereocenters. The number of hydrogen-bond acceptors (Lipinski definition) is 4. The van der Waals surface area contributed by atoms with Crippen molar-refractivity contribution < 1.29 is 9.53 Å². The minimum absolute atomic E-state index is 0.0871. The van der Waals surface area contributed by atoms with Crippen LogP contribution >= 0.6 is 0 Å². The zero-order chi connectivity index (χ0) is 19.1. The van der Waals surface area contributed by atoms with E-state index in [2.05, 4.69) is 4.98 Å². The molecule has 0 radical (unpaired) electrons. The van der Waals surface area contributed by atoms with E-state index in [0.717, 1.165) is 10.8 Å². The number of amides is 1. The highest BCUT2D eigenvalue weighted by Crippen LogP contribution is 2.23. The van der Waals surface area contributed by atoms with E-state index >= 15 is 0 Å². The smallest absolute Gasteiger partial charge is 0.264 e. The van der Waals surface area contributed by atoms with Gasteiger partial charge < -0.3 is 9.64 Å². The number of carbonyl (C=O) groups excluding carboxylic acids is 1. The molecular formula is C21H21N3O3. The molecule has 0 spiro atoms. The van der Waals surface area contributed by atoms with Crippen molar-refractivity contribution >= 4 is 16.7 Å². The van der Waals surface area contributed by atoms with Gasteiger partial charge in [0.25, 0.3) is 11.5 Å². The topological polar surface area (TPSA) is 64.4 Å². The first kappa shape index (κ1) is 17.3. The van der Waals surface area contributed by atoms with Crippen molar-refractivity contribution in [2.75, 3.05) is 0 Å². The molecular weight excluding hydrogens is 342 g/mol. The zero-order valence-corrected chi connectivity index (χ0v) is 15.6. The Morgan fingerprint density at radius 1 is 1.15 bits per heavy atom. The molecule has 1 unspecified atom stereocenters. The van der Waals surface area contributed by atoms with Crippen LogP contribution in [0.3, 0.4) is 0 Å². The summed E-state index contributed by atoms with van der Waals surface area (Å²) < 4.78 is 7.39. The standard InChI is InChI=1S/C21H21N3O3/c1-13(27-17-9-8-15-6-4-5-7-16(15)10-17)20(25)24-11-18-19(12-24)22-14(2)23(3)21(18)26/h4-10,13H,11-12H2,1-3H3. The Bertz CT molecular complexity index is 1100. The maximum Gasteiger partial charge on any atom is 0.264 e. The summed E-state index contributed by atoms with van der Waals surface area (Å²) in [6.07, 6.45) is -0.648. The number of benzene rings is 2. The van der Waals surface area contributed by atoms with Gasteiger partial charge in [-0.25, -0.2) is 4.98 Å². The number of rotatable bonds is 3. The van der Waals surface area contributed by atoms with Crippen LogP contribution in [0.1, 0.15) is 24.0 Å². The Morgan fingerprint density at radius 3 is 2.67 bits per heavy atom. The van der Waals surface area contributed by atoms with Gasteiger partial charge in [-0.2, -0.15) is 0 Å². The molecule has 0 fully saturated rings. The van der Waals surface area contributed by atoms with Gasteiger partial charge in [-0.15, -0.1) is 0 Å². The van der Waals surface area contributed by atoms with Crippen LogP contribution in [0.4, 0.5) is 0 Å². The first-order chi connectivity index (χ1) is 12.9. The second-order valence-electron chi connectivity index (χ2n) is 6.91. The number of carbonyl (C=O) groups is 1. The number of aryl methyl sites for hydroxylation is 1. The highest BCUT2D eigenvalue weighted by molar-refractivity contribution is 5.84. The van der Waals surface area contributed by atoms with E-state index in [1.165, 1.54) is 4.57 Å². The number of hydrogen-bond donors (Lipinski definition) is 0. The van der Waals surface area contributed by atoms with Crippen LogP contribution in [0.2, 0.25) is 0 Å². The highest BCUT2D eigenvalue weighted by atomic mass is 16.5. The number of ether oxygens (including phenoxy) is 1. The van der Waals surface area contributed by atoms with Gasteiger partial charge >= 0.3 is 0 Å². The summed E-state index contributed by atoms with van der Waals surface area (Å²) in [5, 5.41) is 2.18. The third-order valence-electron chi connectivity index (χ3n) is 5.08. The maximum atomic E-state index is 12.8. The molecule has 0 saturated carbocycles. The normalized spacial score (nSPS) is 14.3. The molecule has 0 bridgehead atoms. The molecule has 3 aromatic rings. The molecule has 138 valence electrons. The predicted molar refractivity (Wildman–Crippen MR) is 103 cm³/mol. The van der Waals surface area contributed by atoms with Gasteiger partial charge in [0.05, 0.1) is 24.3 Å². The lowest BCUT2D eigenvalue weighted by molar-refractivity contribution is -0.138. The van der Waals surface area contributed by atoms with Gasteiger partial charge in [-0.3, -0.25) is 14.2 Å². The van der Waals surface area contributed by atoms with Crippen molar-refractivity contribution in [2.45, 2.75) is 33.0 Å². The Hall–Kier alpha value is -3.15. The van der Waals surface area contributed by atoms with Gasteiger partial charge in [0.2, 0.25) is 0 Å². The fourth-order valence-electron chi connectivity index (χ4n) is 3.44. The summed E-state index contributed by atoms with van der Waals surface area (Å²) in [5.41, 5.74) is 1.19. The van der Waals surface area contributed by atoms with E-state index in [1.54, 1.807) is 25.8 Å². The van der Waals surface area contributed by atoms with Crippen molar-refractivity contribution in [3.63, 3.8) is 0 Å². The van der Waals surface area contributed by atoms with Crippen LogP contribution < -0.4 is 10.3 Å². The predicted octanol–water partition coefficient (Wildman–Crippen LogP) is 2.55. The quantitative estimate of drug-likeness (QED) is 0.717. The summed E-state index contributed by atoms with van der Waals surface area (Å²) >= 11 is 0. The summed E-state index contributed by atoms with van der Waals surface area (Å²) in [6.45, 7) is 4.14. The van der Waals surface area contributed by atoms with E-state index in [1.807, 2.05) is 42.5 Å². The first-order valence-corrected chi connectivity index (χ1v) is 8.93. The van der Waals surface area contributed by atoms with Crippen LogP contribution in [-0.4, -0.2) is 26.5 Å². The average molecular weight is 363 g/mol. The minimum Gasteiger partial charge on any atom is -0.481 e. The van der Waals surface area contributed by atoms with Crippen molar-refractivity contribution in [1.29, 1.82) is 0 Å². The molecule has 0 aliphatic carbocycles. The molecule has 2 aromatic carbocycles. The monoisotopic (exact) mass is 363 g/mol. The molecule has 0 N–H and O–H groups in total. The molecule has 6 nitrogen and oxygen atoms in total. The van der Waals surface area contributed by atoms with Crippen LogP contribution in [0.25, 0.3) is 10.8 Å². The van der Waals surface area contributed by atoms with Crippen molar-refractivity contribution in [2.24, 2.45) is 7.05 Å². The molecule has 2 heterocycles. The molecule has 1 aliphatic heterocycles. The third kappa shape index (κ3) is 3.07. The van der Waals surface area contributed by atoms with Gasteiger partial charge in [0.15, 0.2) is 6.10 Å². The summed E-state index contributed by atoms with van der Waals surface area (Å²) in [7, 11) is 1.70. The molecule has 6 heteroatoms. The van der Waals surface area contributed by atoms with E-state index in [9.17, 15) is 9.59 Å². The van der Waals surface area contributed by atoms with Crippen molar-refractivity contribution in [1.82, 2.24) is 14.5 Å². The lowest BCUT2D eigenvalue weighted by atomic mass is 10.1. The molecule has 27 heavy (non-hydrogen) atoms. The van der Waals surface area contributed by atoms with E-state index in [0.29, 0.717) is 29.4 Å². The van der Waals surface area contributed by atoms with Gasteiger partial charge in [0, 0.05) is 7.05 Å². The van der Waals surface area contributed by atoms with E-state index in [4.69, 9.17) is 4.74 Å². The van der Waals surface area contributed by atoms with E-state index < -0.39 is 6.10 Å². The molecule has 1 aromatic heterocycles. The van der Waals surface area contributed by atoms with Crippen LogP contribution in [0.5, 0.6) is 5.75 Å². The summed E-state index contributed by atoms with van der Waals surface area (Å²) in [5.74, 6) is 1.14. The second kappa shape index (κ2) is 6.54. The maximum absolute atomic E-state index is 12.8. The SMILES string of the molecule is Cc1nc2c(c(=O)n1C)CN(C(=O)C(C)Oc1ccc3ccccc3c1)C2. The molecule has 4 rings (SSSR count). The summed E-state index contributed by atoms with van der Waals surface area (Å²) in [4.78, 5) is 31.3. The zero-order valence-electron chi connectivity index (χ0n) is 15.6. The average Bonchev–Trinajstić information content (AvgIpc) is 3.09. The fraction of sp³-hybridized carbons (Fsp3) is 0.286. The van der Waals surface area contributed by atoms with Crippen molar-refractivity contribution in [3.05, 3.63) is 69.9 Å². The Balaban J connectivity index is 1.51. The molecule has 1 amide bonds. The lowest BCUT2D eigenvalue weighted by Crippen LogP contribution is -2.37. The number of nitrogens with zero attached hydrogens (tertiary/aromatic N) is 3. The Morgan fingerprint density at radius 2 is 1.89 bits per heavy atom. The van der Waals surface area contributed by atoms with Gasteiger partial charge in [0.1, 0.15) is 11.6 Å². The fourth-order valence-corrected chi connectivity index (χ4v) is 3.44. The van der Waals surface area contributed by atoms with Gasteiger partial charge in [-0.1, -0.05) is 30.3 Å². The van der Waals surface area contributed by atoms with Crippen LogP contribution in [-0.2, 0) is 24.9 Å². The lowest BCUT2D eigenvalue weighted by Gasteiger charge is -2.21.